The molecule has 0 aromatic heterocycles. The Hall–Kier alpha value is -1.79. The van der Waals surface area contributed by atoms with E-state index >= 15 is 0 Å². The maximum atomic E-state index is 11.4. The van der Waals surface area contributed by atoms with Crippen molar-refractivity contribution in [3.8, 4) is 0 Å². The number of nitro benzene ring substituents is 1. The van der Waals surface area contributed by atoms with Gasteiger partial charge >= 0.3 is 0 Å². The Bertz CT molecular complexity index is 869. The molecule has 6 heteroatoms. The molecule has 25 heavy (non-hydrogen) atoms. The first-order chi connectivity index (χ1) is 11.9. The molecule has 0 fully saturated rings. The molecular formula is C19H20N2O2S2. The Labute approximate surface area is 155 Å². The van der Waals surface area contributed by atoms with Gasteiger partial charge in [-0.3, -0.25) is 10.1 Å². The summed E-state index contributed by atoms with van der Waals surface area (Å²) in [6, 6.07) is 9.02. The Morgan fingerprint density at radius 2 is 1.76 bits per heavy atom. The first kappa shape index (κ1) is 18.0. The maximum absolute atomic E-state index is 11.4. The molecule has 0 bridgehead atoms. The van der Waals surface area contributed by atoms with Crippen LogP contribution in [0.25, 0.3) is 16.8 Å². The molecule has 0 radical (unpaired) electrons. The van der Waals surface area contributed by atoms with Crippen molar-refractivity contribution in [2.24, 2.45) is 4.99 Å². The fourth-order valence-electron chi connectivity index (χ4n) is 2.78. The van der Waals surface area contributed by atoms with Crippen LogP contribution in [0.5, 0.6) is 0 Å². The van der Waals surface area contributed by atoms with Crippen molar-refractivity contribution < 1.29 is 4.92 Å². The molecule has 3 rings (SSSR count). The number of hydrogen-bond donors (Lipinski definition) is 0. The zero-order chi connectivity index (χ0) is 18.1. The quantitative estimate of drug-likeness (QED) is 0.459. The van der Waals surface area contributed by atoms with Crippen LogP contribution in [0, 0.1) is 10.1 Å². The molecule has 0 N–H and O–H groups in total. The summed E-state index contributed by atoms with van der Waals surface area (Å²) in [5.74, 6) is 0. The Balaban J connectivity index is 2.29. The molecular weight excluding hydrogens is 352 g/mol. The van der Waals surface area contributed by atoms with Crippen LogP contribution < -0.4 is 0 Å². The van der Waals surface area contributed by atoms with Gasteiger partial charge in [0.25, 0.3) is 5.69 Å². The van der Waals surface area contributed by atoms with Crippen LogP contribution in [0.4, 0.5) is 11.4 Å². The average molecular weight is 373 g/mol. The first-order valence-electron chi connectivity index (χ1n) is 8.21. The second kappa shape index (κ2) is 7.22. The molecule has 2 aromatic carbocycles. The highest BCUT2D eigenvalue weighted by atomic mass is 32.2. The van der Waals surface area contributed by atoms with Gasteiger partial charge in [-0.05, 0) is 29.8 Å². The van der Waals surface area contributed by atoms with Crippen molar-refractivity contribution in [2.75, 3.05) is 0 Å². The second-order valence-corrected chi connectivity index (χ2v) is 9.57. The number of hydrogen-bond acceptors (Lipinski definition) is 5. The third-order valence-electron chi connectivity index (χ3n) is 3.65. The highest BCUT2D eigenvalue weighted by Crippen LogP contribution is 2.42. The predicted octanol–water partition coefficient (Wildman–Crippen LogP) is 6.42. The number of thioether (sulfide) groups is 2. The second-order valence-electron chi connectivity index (χ2n) is 6.39. The van der Waals surface area contributed by atoms with E-state index in [1.807, 2.05) is 18.2 Å². The van der Waals surface area contributed by atoms with Crippen LogP contribution in [-0.2, 0) is 0 Å². The van der Waals surface area contributed by atoms with Gasteiger partial charge in [0, 0.05) is 26.9 Å². The molecule has 0 unspecified atom stereocenters. The number of nitro groups is 1. The van der Waals surface area contributed by atoms with Crippen LogP contribution >= 0.6 is 23.5 Å². The zero-order valence-electron chi connectivity index (χ0n) is 14.6. The first-order valence-corrected chi connectivity index (χ1v) is 9.97. The summed E-state index contributed by atoms with van der Waals surface area (Å²) >= 11 is 3.51. The Kier molecular flexibility index (Phi) is 5.20. The third kappa shape index (κ3) is 3.75. The van der Waals surface area contributed by atoms with Crippen LogP contribution in [0.15, 0.2) is 40.2 Å². The minimum absolute atomic E-state index is 0.127. The summed E-state index contributed by atoms with van der Waals surface area (Å²) in [7, 11) is 0. The van der Waals surface area contributed by atoms with Crippen LogP contribution in [0.3, 0.4) is 0 Å². The molecule has 0 atom stereocenters. The minimum Gasteiger partial charge on any atom is -0.258 e. The molecule has 0 saturated carbocycles. The monoisotopic (exact) mass is 372 g/mol. The molecule has 0 aliphatic carbocycles. The summed E-state index contributed by atoms with van der Waals surface area (Å²) in [5.41, 5.74) is 1.92. The van der Waals surface area contributed by atoms with E-state index in [0.29, 0.717) is 15.9 Å². The van der Waals surface area contributed by atoms with Gasteiger partial charge in [-0.25, -0.2) is 4.99 Å². The molecule has 0 amide bonds. The van der Waals surface area contributed by atoms with Gasteiger partial charge in [0.1, 0.15) is 5.04 Å². The molecule has 130 valence electrons. The minimum atomic E-state index is -0.325. The molecule has 1 aliphatic rings. The largest absolute Gasteiger partial charge is 0.277 e. The number of rotatable bonds is 4. The van der Waals surface area contributed by atoms with E-state index in [0.717, 1.165) is 26.6 Å². The zero-order valence-corrected chi connectivity index (χ0v) is 16.3. The van der Waals surface area contributed by atoms with Crippen molar-refractivity contribution in [2.45, 2.75) is 38.2 Å². The highest BCUT2D eigenvalue weighted by molar-refractivity contribution is 8.18. The fraction of sp³-hybridized carbons (Fsp3) is 0.316. The summed E-state index contributed by atoms with van der Waals surface area (Å²) in [6.45, 7) is 8.61. The van der Waals surface area contributed by atoms with Crippen molar-refractivity contribution in [3.63, 3.8) is 0 Å². The molecule has 4 nitrogen and oxygen atoms in total. The SMILES string of the molecule is CC(C)SC1=Cc2ccc([N+](=O)[O-])c3cccc(c23)N=C1SC(C)C. The molecule has 1 aliphatic heterocycles. The summed E-state index contributed by atoms with van der Waals surface area (Å²) < 4.78 is 0. The van der Waals surface area contributed by atoms with Gasteiger partial charge in [0.15, 0.2) is 0 Å². The molecule has 0 spiro atoms. The van der Waals surface area contributed by atoms with Crippen molar-refractivity contribution in [1.29, 1.82) is 0 Å². The lowest BCUT2D eigenvalue weighted by molar-refractivity contribution is -0.383. The lowest BCUT2D eigenvalue weighted by atomic mass is 10.0. The standard InChI is InChI=1S/C19H20N2O2S2/c1-11(2)24-17-10-13-8-9-16(21(22)23)14-6-5-7-15(18(13)14)20-19(17)25-12(3)4/h5-12H,1-4H3. The van der Waals surface area contributed by atoms with Crippen LogP contribution in [-0.4, -0.2) is 20.5 Å². The highest BCUT2D eigenvalue weighted by Gasteiger charge is 2.21. The van der Waals surface area contributed by atoms with E-state index in [4.69, 9.17) is 4.99 Å². The van der Waals surface area contributed by atoms with E-state index in [9.17, 15) is 10.1 Å². The van der Waals surface area contributed by atoms with Gasteiger partial charge in [-0.1, -0.05) is 33.8 Å². The number of nitrogens with zero attached hydrogens (tertiary/aromatic N) is 2. The smallest absolute Gasteiger partial charge is 0.258 e. The van der Waals surface area contributed by atoms with Crippen molar-refractivity contribution in [1.82, 2.24) is 0 Å². The Morgan fingerprint density at radius 3 is 2.40 bits per heavy atom. The van der Waals surface area contributed by atoms with Crippen molar-refractivity contribution >= 4 is 56.8 Å². The number of benzene rings is 2. The summed E-state index contributed by atoms with van der Waals surface area (Å²) in [5, 5.41) is 14.7. The number of non-ortho nitro benzene ring substituents is 1. The average Bonchev–Trinajstić information content (AvgIpc) is 2.65. The predicted molar refractivity (Wildman–Crippen MR) is 111 cm³/mol. The van der Waals surface area contributed by atoms with Crippen molar-refractivity contribution in [3.05, 3.63) is 50.9 Å². The molecule has 1 heterocycles. The van der Waals surface area contributed by atoms with E-state index < -0.39 is 0 Å². The van der Waals surface area contributed by atoms with Gasteiger partial charge < -0.3 is 0 Å². The third-order valence-corrected chi connectivity index (χ3v) is 5.83. The van der Waals surface area contributed by atoms with E-state index in [-0.39, 0.29) is 10.6 Å². The maximum Gasteiger partial charge on any atom is 0.277 e. The summed E-state index contributed by atoms with van der Waals surface area (Å²) in [4.78, 5) is 17.1. The molecule has 2 aromatic rings. The van der Waals surface area contributed by atoms with E-state index in [2.05, 4.69) is 33.8 Å². The van der Waals surface area contributed by atoms with Gasteiger partial charge in [-0.2, -0.15) is 0 Å². The normalized spacial score (nSPS) is 13.8. The van der Waals surface area contributed by atoms with Gasteiger partial charge in [-0.15, -0.1) is 23.5 Å². The van der Waals surface area contributed by atoms with Crippen LogP contribution in [0.2, 0.25) is 0 Å². The van der Waals surface area contributed by atoms with Crippen LogP contribution in [0.1, 0.15) is 33.3 Å². The Morgan fingerprint density at radius 1 is 1.04 bits per heavy atom. The lowest BCUT2D eigenvalue weighted by Crippen LogP contribution is -2.02. The topological polar surface area (TPSA) is 55.5 Å². The van der Waals surface area contributed by atoms with Gasteiger partial charge in [0.05, 0.1) is 16.0 Å². The number of aliphatic imine (C=N–C) groups is 1. The fourth-order valence-corrected chi connectivity index (χ4v) is 4.70. The summed E-state index contributed by atoms with van der Waals surface area (Å²) in [6.07, 6.45) is 2.13. The van der Waals surface area contributed by atoms with Gasteiger partial charge in [0.2, 0.25) is 0 Å². The lowest BCUT2D eigenvalue weighted by Gasteiger charge is -2.13. The molecule has 0 saturated heterocycles. The van der Waals surface area contributed by atoms with E-state index in [1.54, 1.807) is 35.7 Å². The van der Waals surface area contributed by atoms with E-state index in [1.165, 1.54) is 0 Å².